The van der Waals surface area contributed by atoms with Crippen molar-refractivity contribution in [2.75, 3.05) is 9.80 Å². The van der Waals surface area contributed by atoms with Crippen LogP contribution >= 0.6 is 0 Å². The van der Waals surface area contributed by atoms with Crippen molar-refractivity contribution in [1.82, 2.24) is 9.55 Å². The van der Waals surface area contributed by atoms with Crippen LogP contribution in [0.15, 0.2) is 152 Å². The van der Waals surface area contributed by atoms with Gasteiger partial charge in [-0.3, -0.25) is 0 Å². The number of hydrogen-bond acceptors (Lipinski definition) is 4. The molecule has 6 aromatic carbocycles. The molecule has 1 aliphatic rings. The first-order valence-electron chi connectivity index (χ1n) is 24.1. The van der Waals surface area contributed by atoms with Crippen molar-refractivity contribution in [3.05, 3.63) is 198 Å². The Hall–Kier alpha value is -5.90. The zero-order valence-corrected chi connectivity index (χ0v) is 45.2. The van der Waals surface area contributed by atoms with Crippen molar-refractivity contribution in [1.29, 1.82) is 0 Å². The van der Waals surface area contributed by atoms with E-state index in [-0.39, 0.29) is 48.1 Å². The van der Waals surface area contributed by atoms with E-state index in [1.54, 1.807) is 0 Å². The van der Waals surface area contributed by atoms with Gasteiger partial charge >= 0.3 is 0 Å². The first-order chi connectivity index (χ1) is 32.0. The maximum atomic E-state index is 7.10. The fourth-order valence-corrected chi connectivity index (χ4v) is 9.35. The van der Waals surface area contributed by atoms with Crippen molar-refractivity contribution in [2.24, 2.45) is 0 Å². The topological polar surface area (TPSA) is 33.5 Å². The van der Waals surface area contributed by atoms with Gasteiger partial charge in [0.15, 0.2) is 0 Å². The molecule has 9 rings (SSSR count). The molecule has 5 nitrogen and oxygen atoms in total. The summed E-state index contributed by atoms with van der Waals surface area (Å²) < 4.78 is 9.36. The molecule has 0 saturated carbocycles. The van der Waals surface area contributed by atoms with E-state index < -0.39 is 0 Å². The van der Waals surface area contributed by atoms with Gasteiger partial charge in [0, 0.05) is 61.1 Å². The largest absolute Gasteiger partial charge is 0.509 e. The summed E-state index contributed by atoms with van der Waals surface area (Å²) >= 11 is 0. The van der Waals surface area contributed by atoms with Crippen LogP contribution in [0.1, 0.15) is 125 Å². The number of hydrogen-bond donors (Lipinski definition) is 0. The molecule has 6 heteroatoms. The second-order valence-corrected chi connectivity index (χ2v) is 23.3. The average Bonchev–Trinajstić information content (AvgIpc) is 3.89. The molecule has 0 radical (unpaired) electrons. The van der Waals surface area contributed by atoms with E-state index in [4.69, 9.17) is 9.72 Å². The van der Waals surface area contributed by atoms with Crippen molar-refractivity contribution in [3.63, 3.8) is 0 Å². The van der Waals surface area contributed by atoms with E-state index in [1.807, 2.05) is 6.20 Å². The number of allylic oxidation sites excluding steroid dienone is 1. The molecule has 0 unspecified atom stereocenters. The van der Waals surface area contributed by atoms with Gasteiger partial charge in [-0.05, 0) is 91.4 Å². The third-order valence-corrected chi connectivity index (χ3v) is 13.6. The summed E-state index contributed by atoms with van der Waals surface area (Å²) in [4.78, 5) is 9.59. The van der Waals surface area contributed by atoms with Crippen molar-refractivity contribution in [2.45, 2.75) is 124 Å². The van der Waals surface area contributed by atoms with E-state index in [0.717, 1.165) is 44.9 Å². The molecule has 2 aromatic heterocycles. The third kappa shape index (κ3) is 9.82. The van der Waals surface area contributed by atoms with Gasteiger partial charge in [-0.15, -0.1) is 53.8 Å². The number of fused-ring (bicyclic) bond motifs is 3. The number of pyridine rings is 1. The van der Waals surface area contributed by atoms with E-state index in [2.05, 4.69) is 270 Å². The Morgan fingerprint density at radius 1 is 0.536 bits per heavy atom. The zero-order valence-electron chi connectivity index (χ0n) is 42.9. The molecular formula is C63H67N4OPt-3. The van der Waals surface area contributed by atoms with Crippen LogP contribution in [0.5, 0.6) is 11.5 Å². The molecule has 0 atom stereocenters. The van der Waals surface area contributed by atoms with Crippen LogP contribution in [0.3, 0.4) is 0 Å². The summed E-state index contributed by atoms with van der Waals surface area (Å²) in [6, 6.07) is 55.7. The van der Waals surface area contributed by atoms with Crippen LogP contribution in [0.4, 0.5) is 11.4 Å². The molecular weight excluding hydrogens is 1020 g/mol. The number of ether oxygens (including phenoxy) is 1. The van der Waals surface area contributed by atoms with E-state index in [0.29, 0.717) is 11.5 Å². The molecule has 0 saturated heterocycles. The van der Waals surface area contributed by atoms with Crippen molar-refractivity contribution < 1.29 is 25.8 Å². The van der Waals surface area contributed by atoms with Crippen molar-refractivity contribution >= 4 is 33.2 Å². The zero-order chi connectivity index (χ0) is 48.6. The summed E-state index contributed by atoms with van der Waals surface area (Å²) in [7, 11) is 0. The number of benzene rings is 6. The van der Waals surface area contributed by atoms with Crippen LogP contribution in [0.25, 0.3) is 38.8 Å². The van der Waals surface area contributed by atoms with Gasteiger partial charge in [-0.2, -0.15) is 0 Å². The average molecular weight is 1090 g/mol. The van der Waals surface area contributed by atoms with Crippen LogP contribution in [-0.4, -0.2) is 9.55 Å². The predicted molar refractivity (Wildman–Crippen MR) is 286 cm³/mol. The number of anilines is 2. The third-order valence-electron chi connectivity index (χ3n) is 13.6. The summed E-state index contributed by atoms with van der Waals surface area (Å²) in [6.45, 7) is 34.1. The number of para-hydroxylation sites is 1. The summed E-state index contributed by atoms with van der Waals surface area (Å²) in [5.74, 6) is 2.12. The number of rotatable bonds is 8. The molecule has 358 valence electrons. The Morgan fingerprint density at radius 2 is 1.14 bits per heavy atom. The van der Waals surface area contributed by atoms with Gasteiger partial charge in [0.2, 0.25) is 0 Å². The van der Waals surface area contributed by atoms with Gasteiger partial charge in [0.1, 0.15) is 5.82 Å². The number of nitrogens with zero attached hydrogens (tertiary/aromatic N) is 4. The number of aromatic nitrogens is 2. The molecule has 0 spiro atoms. The molecule has 0 bridgehead atoms. The Bertz CT molecular complexity index is 3190. The summed E-state index contributed by atoms with van der Waals surface area (Å²) in [5, 5.41) is 2.33. The maximum absolute atomic E-state index is 7.10. The smallest absolute Gasteiger partial charge is 0.135 e. The second-order valence-electron chi connectivity index (χ2n) is 23.3. The molecule has 0 fully saturated rings. The van der Waals surface area contributed by atoms with Crippen LogP contribution in [0.2, 0.25) is 0 Å². The maximum Gasteiger partial charge on any atom is 0.135 e. The van der Waals surface area contributed by atoms with Crippen molar-refractivity contribution in [3.8, 4) is 28.4 Å². The Morgan fingerprint density at radius 3 is 1.80 bits per heavy atom. The quantitative estimate of drug-likeness (QED) is 0.142. The SMILES string of the molecule is CC(C)(C)c1cc(Oc2[c-]c3c(c(C(C)(C)C)c2)c2ccccc2n3-c2cc(C(C)(C)C)ccn2)[c-]c(N2C=C(C(C)(C)c3ccccc3)N(c3cc(-c4ccccc4)cc(C(C)(C)C)c3)[CH-]2)c1.[Pt]. The van der Waals surface area contributed by atoms with Gasteiger partial charge in [0.05, 0.1) is 0 Å². The fourth-order valence-electron chi connectivity index (χ4n) is 9.35. The van der Waals surface area contributed by atoms with Crippen LogP contribution in [-0.2, 0) is 48.1 Å². The van der Waals surface area contributed by atoms with Crippen LogP contribution in [0, 0.1) is 18.8 Å². The molecule has 69 heavy (non-hydrogen) atoms. The minimum Gasteiger partial charge on any atom is -0.509 e. The summed E-state index contributed by atoms with van der Waals surface area (Å²) in [6.07, 6.45) is 4.21. The monoisotopic (exact) mass is 1090 g/mol. The van der Waals surface area contributed by atoms with Gasteiger partial charge in [0.25, 0.3) is 0 Å². The standard InChI is InChI=1S/C63H67N4O.Pt/c1-59(2,3)45-29-30-64-57(36-45)67-54-28-22-21-27-52(54)58-53(62(10,11)12)38-51(39-55(58)67)68-50-35-47(61(7,8)9)33-48(37-50)65-40-56(63(13,14)44-25-19-16-20-26-44)66(41-65)49-32-43(42-23-17-15-18-24-42)31-46(34-49)60(4,5)6;/h15-36,38,40-41H,1-14H3;/q-3;. The first kappa shape index (κ1) is 49.5. The first-order valence-corrected chi connectivity index (χ1v) is 24.1. The predicted octanol–water partition coefficient (Wildman–Crippen LogP) is 16.7. The van der Waals surface area contributed by atoms with E-state index in [1.165, 1.54) is 38.8 Å². The second kappa shape index (κ2) is 18.1. The summed E-state index contributed by atoms with van der Waals surface area (Å²) in [5.41, 5.74) is 12.7. The normalized spacial score (nSPS) is 13.8. The Balaban J connectivity index is 0.00000642. The van der Waals surface area contributed by atoms with Gasteiger partial charge < -0.3 is 19.1 Å². The van der Waals surface area contributed by atoms with Gasteiger partial charge in [-0.25, -0.2) is 4.98 Å². The molecule has 0 N–H and O–H groups in total. The molecule has 3 heterocycles. The molecule has 8 aromatic rings. The van der Waals surface area contributed by atoms with E-state index >= 15 is 0 Å². The van der Waals surface area contributed by atoms with E-state index in [9.17, 15) is 0 Å². The minimum atomic E-state index is -0.369. The molecule has 0 amide bonds. The Kier molecular flexibility index (Phi) is 13.0. The Labute approximate surface area is 426 Å². The van der Waals surface area contributed by atoms with Crippen LogP contribution < -0.4 is 14.5 Å². The fraction of sp³-hybridized carbons (Fsp3) is 0.302. The molecule has 0 aliphatic carbocycles. The minimum absolute atomic E-state index is 0. The van der Waals surface area contributed by atoms with Gasteiger partial charge in [-0.1, -0.05) is 193 Å². The molecule has 1 aliphatic heterocycles.